The van der Waals surface area contributed by atoms with Crippen LogP contribution in [0.1, 0.15) is 0 Å². The van der Waals surface area contributed by atoms with Crippen LogP contribution in [0.5, 0.6) is 0 Å². The lowest BCUT2D eigenvalue weighted by Crippen LogP contribution is -2.51. The van der Waals surface area contributed by atoms with Crippen LogP contribution < -0.4 is 10.2 Å². The minimum Gasteiger partial charge on any atom is -0.352 e. The van der Waals surface area contributed by atoms with Crippen LogP contribution in [0.4, 0.5) is 10.6 Å². The van der Waals surface area contributed by atoms with Gasteiger partial charge in [0.1, 0.15) is 18.9 Å². The number of amides is 4. The van der Waals surface area contributed by atoms with Gasteiger partial charge in [-0.15, -0.1) is 0 Å². The van der Waals surface area contributed by atoms with Gasteiger partial charge in [0.05, 0.1) is 4.70 Å². The second-order valence-corrected chi connectivity index (χ2v) is 6.88. The predicted octanol–water partition coefficient (Wildman–Crippen LogP) is 0.497. The third-order valence-electron chi connectivity index (χ3n) is 4.48. The Morgan fingerprint density at radius 1 is 1.16 bits per heavy atom. The number of carbonyl (C=O) groups is 3. The molecule has 8 nitrogen and oxygen atoms in total. The number of aromatic nitrogens is 1. The molecule has 0 unspecified atom stereocenters. The van der Waals surface area contributed by atoms with E-state index in [1.165, 1.54) is 16.4 Å². The Kier molecular flexibility index (Phi) is 4.00. The Balaban J connectivity index is 1.37. The van der Waals surface area contributed by atoms with Crippen LogP contribution in [0.25, 0.3) is 10.1 Å². The molecule has 1 N–H and O–H groups in total. The number of rotatable bonds is 3. The minimum atomic E-state index is -0.495. The average Bonchev–Trinajstić information content (AvgIpc) is 3.18. The highest BCUT2D eigenvalue weighted by atomic mass is 32.1. The Labute approximate surface area is 148 Å². The summed E-state index contributed by atoms with van der Waals surface area (Å²) in [5.74, 6) is 0.475. The van der Waals surface area contributed by atoms with Gasteiger partial charge >= 0.3 is 6.03 Å². The second kappa shape index (κ2) is 6.32. The highest BCUT2D eigenvalue weighted by Crippen LogP contribution is 2.29. The van der Waals surface area contributed by atoms with E-state index < -0.39 is 6.03 Å². The first-order chi connectivity index (χ1) is 12.1. The molecule has 2 fully saturated rings. The molecule has 2 aromatic rings. The van der Waals surface area contributed by atoms with Crippen LogP contribution in [0.3, 0.4) is 0 Å². The van der Waals surface area contributed by atoms with E-state index in [9.17, 15) is 14.4 Å². The van der Waals surface area contributed by atoms with Gasteiger partial charge in [-0.25, -0.2) is 4.79 Å². The van der Waals surface area contributed by atoms with E-state index in [0.29, 0.717) is 26.2 Å². The molecule has 2 saturated heterocycles. The SMILES string of the molecule is O=C1CN(CC(=O)N2CCN(c3nsc4ccccc34)CC2)C(=O)N1. The van der Waals surface area contributed by atoms with Gasteiger partial charge in [0, 0.05) is 31.6 Å². The fourth-order valence-corrected chi connectivity index (χ4v) is 3.94. The van der Waals surface area contributed by atoms with Crippen molar-refractivity contribution in [2.75, 3.05) is 44.2 Å². The first kappa shape index (κ1) is 15.8. The summed E-state index contributed by atoms with van der Waals surface area (Å²) in [6.45, 7) is 2.45. The summed E-state index contributed by atoms with van der Waals surface area (Å²) in [4.78, 5) is 40.3. The second-order valence-electron chi connectivity index (χ2n) is 6.08. The van der Waals surface area contributed by atoms with Crippen molar-refractivity contribution in [1.82, 2.24) is 19.5 Å². The maximum atomic E-state index is 12.4. The van der Waals surface area contributed by atoms with Gasteiger partial charge in [-0.2, -0.15) is 4.37 Å². The van der Waals surface area contributed by atoms with Crippen molar-refractivity contribution in [2.24, 2.45) is 0 Å². The quantitative estimate of drug-likeness (QED) is 0.807. The summed E-state index contributed by atoms with van der Waals surface area (Å²) in [7, 11) is 0. The van der Waals surface area contributed by atoms with Gasteiger partial charge < -0.3 is 14.7 Å². The van der Waals surface area contributed by atoms with Gasteiger partial charge in [0.15, 0.2) is 0 Å². The smallest absolute Gasteiger partial charge is 0.325 e. The predicted molar refractivity (Wildman–Crippen MR) is 93.5 cm³/mol. The van der Waals surface area contributed by atoms with Crippen LogP contribution >= 0.6 is 11.5 Å². The highest BCUT2D eigenvalue weighted by Gasteiger charge is 2.31. The van der Waals surface area contributed by atoms with E-state index in [-0.39, 0.29) is 24.9 Å². The number of fused-ring (bicyclic) bond motifs is 1. The normalized spacial score (nSPS) is 18.2. The van der Waals surface area contributed by atoms with Gasteiger partial charge in [-0.1, -0.05) is 12.1 Å². The molecular formula is C16H17N5O3S. The molecule has 0 aliphatic carbocycles. The largest absolute Gasteiger partial charge is 0.352 e. The fourth-order valence-electron chi connectivity index (χ4n) is 3.14. The number of piperazine rings is 1. The Morgan fingerprint density at radius 3 is 2.64 bits per heavy atom. The van der Waals surface area contributed by atoms with Crippen LogP contribution in [-0.4, -0.2) is 71.3 Å². The molecule has 4 amide bonds. The van der Waals surface area contributed by atoms with E-state index >= 15 is 0 Å². The molecule has 3 heterocycles. The van der Waals surface area contributed by atoms with E-state index in [1.807, 2.05) is 12.1 Å². The van der Waals surface area contributed by atoms with E-state index in [2.05, 4.69) is 26.7 Å². The van der Waals surface area contributed by atoms with Crippen LogP contribution in [0.2, 0.25) is 0 Å². The van der Waals surface area contributed by atoms with Crippen molar-refractivity contribution in [2.45, 2.75) is 0 Å². The molecule has 130 valence electrons. The van der Waals surface area contributed by atoms with Crippen molar-refractivity contribution in [1.29, 1.82) is 0 Å². The lowest BCUT2D eigenvalue weighted by Gasteiger charge is -2.35. The average molecular weight is 359 g/mol. The Morgan fingerprint density at radius 2 is 1.92 bits per heavy atom. The van der Waals surface area contributed by atoms with Crippen LogP contribution in [0, 0.1) is 0 Å². The summed E-state index contributed by atoms with van der Waals surface area (Å²) < 4.78 is 5.71. The van der Waals surface area contributed by atoms with E-state index in [4.69, 9.17) is 0 Å². The topological polar surface area (TPSA) is 85.9 Å². The molecule has 25 heavy (non-hydrogen) atoms. The molecule has 2 aliphatic rings. The first-order valence-electron chi connectivity index (χ1n) is 8.08. The summed E-state index contributed by atoms with van der Waals surface area (Å²) in [6.07, 6.45) is 0. The molecule has 0 radical (unpaired) electrons. The number of hydrogen-bond acceptors (Lipinski definition) is 6. The number of anilines is 1. The number of urea groups is 1. The maximum Gasteiger partial charge on any atom is 0.325 e. The molecular weight excluding hydrogens is 342 g/mol. The van der Waals surface area contributed by atoms with Gasteiger partial charge in [-0.05, 0) is 23.7 Å². The van der Waals surface area contributed by atoms with Gasteiger partial charge in [0.2, 0.25) is 11.8 Å². The first-order valence-corrected chi connectivity index (χ1v) is 8.85. The lowest BCUT2D eigenvalue weighted by atomic mass is 10.2. The number of benzene rings is 1. The zero-order chi connectivity index (χ0) is 17.4. The monoisotopic (exact) mass is 359 g/mol. The number of nitrogens with one attached hydrogen (secondary N) is 1. The van der Waals surface area contributed by atoms with Gasteiger partial charge in [0.25, 0.3) is 0 Å². The summed E-state index contributed by atoms with van der Waals surface area (Å²) in [6, 6.07) is 7.63. The van der Waals surface area contributed by atoms with E-state index in [1.54, 1.807) is 4.90 Å². The molecule has 4 rings (SSSR count). The number of imide groups is 1. The molecule has 0 spiro atoms. The zero-order valence-electron chi connectivity index (χ0n) is 13.5. The highest BCUT2D eigenvalue weighted by molar-refractivity contribution is 7.13. The minimum absolute atomic E-state index is 0.0463. The molecule has 1 aromatic heterocycles. The standard InChI is InChI=1S/C16H17N5O3S/c22-13-9-21(16(24)17-13)10-14(23)19-5-7-20(8-6-19)15-11-3-1-2-4-12(11)25-18-15/h1-4H,5-10H2,(H,17,22,24). The summed E-state index contributed by atoms with van der Waals surface area (Å²) in [5.41, 5.74) is 0. The van der Waals surface area contributed by atoms with Crippen molar-refractivity contribution >= 4 is 45.3 Å². The van der Waals surface area contributed by atoms with Crippen LogP contribution in [0.15, 0.2) is 24.3 Å². The Bertz CT molecular complexity index is 843. The molecule has 0 atom stereocenters. The molecule has 0 saturated carbocycles. The number of carbonyl (C=O) groups excluding carboxylic acids is 3. The van der Waals surface area contributed by atoms with Gasteiger partial charge in [-0.3, -0.25) is 14.9 Å². The summed E-state index contributed by atoms with van der Waals surface area (Å²) in [5, 5.41) is 3.32. The maximum absolute atomic E-state index is 12.4. The van der Waals surface area contributed by atoms with Crippen LogP contribution in [-0.2, 0) is 9.59 Å². The molecule has 1 aromatic carbocycles. The molecule has 2 aliphatic heterocycles. The third-order valence-corrected chi connectivity index (χ3v) is 5.30. The molecule has 9 heteroatoms. The fraction of sp³-hybridized carbons (Fsp3) is 0.375. The summed E-state index contributed by atoms with van der Waals surface area (Å²) >= 11 is 1.48. The van der Waals surface area contributed by atoms with E-state index in [0.717, 1.165) is 15.9 Å². The zero-order valence-corrected chi connectivity index (χ0v) is 14.3. The lowest BCUT2D eigenvalue weighted by molar-refractivity contribution is -0.132. The molecule has 0 bridgehead atoms. The number of hydrogen-bond donors (Lipinski definition) is 1. The van der Waals surface area contributed by atoms with Crippen molar-refractivity contribution < 1.29 is 14.4 Å². The van der Waals surface area contributed by atoms with Crippen molar-refractivity contribution in [3.05, 3.63) is 24.3 Å². The third kappa shape index (κ3) is 3.02. The number of nitrogens with zero attached hydrogens (tertiary/aromatic N) is 4. The van der Waals surface area contributed by atoms with Crippen molar-refractivity contribution in [3.63, 3.8) is 0 Å². The Hall–Kier alpha value is -2.68. The van der Waals surface area contributed by atoms with Crippen molar-refractivity contribution in [3.8, 4) is 0 Å².